The summed E-state index contributed by atoms with van der Waals surface area (Å²) in [5, 5.41) is 21.2. The van der Waals surface area contributed by atoms with Crippen molar-refractivity contribution in [3.05, 3.63) is 18.0 Å². The number of aryl methyl sites for hydroxylation is 1. The molecule has 1 aromatic heterocycles. The van der Waals surface area contributed by atoms with Gasteiger partial charge in [0, 0.05) is 38.5 Å². The average Bonchev–Trinajstić information content (AvgIpc) is 3.24. The standard InChI is InChI=1S/C18H33N5O2/c1-4-19-17(20-10-7-11-25-16-8-5-6-9-16)21-14-18(2,24)15-12-22-23(3)13-15/h12-13,16,24H,4-11,14H2,1-3H3,(H2,19,20,21). The first-order valence-corrected chi connectivity index (χ1v) is 9.36. The minimum absolute atomic E-state index is 0.270. The second kappa shape index (κ2) is 9.77. The van der Waals surface area contributed by atoms with Gasteiger partial charge in [0.1, 0.15) is 5.60 Å². The maximum absolute atomic E-state index is 10.6. The molecule has 1 atom stereocenters. The van der Waals surface area contributed by atoms with Crippen LogP contribution in [0.25, 0.3) is 0 Å². The minimum atomic E-state index is -1.04. The molecule has 0 aromatic carbocycles. The van der Waals surface area contributed by atoms with Crippen molar-refractivity contribution in [1.29, 1.82) is 0 Å². The van der Waals surface area contributed by atoms with Gasteiger partial charge in [-0.05, 0) is 33.1 Å². The van der Waals surface area contributed by atoms with E-state index < -0.39 is 5.60 Å². The third-order valence-corrected chi connectivity index (χ3v) is 4.49. The van der Waals surface area contributed by atoms with Gasteiger partial charge in [-0.1, -0.05) is 12.8 Å². The van der Waals surface area contributed by atoms with Crippen molar-refractivity contribution >= 4 is 5.96 Å². The molecule has 0 spiro atoms. The van der Waals surface area contributed by atoms with Gasteiger partial charge in [0.2, 0.25) is 0 Å². The normalized spacial score (nSPS) is 18.3. The molecule has 0 saturated heterocycles. The van der Waals surface area contributed by atoms with E-state index in [9.17, 15) is 5.11 Å². The molecule has 0 radical (unpaired) electrons. The molecule has 1 saturated carbocycles. The number of rotatable bonds is 9. The van der Waals surface area contributed by atoms with E-state index in [2.05, 4.69) is 20.7 Å². The number of aromatic nitrogens is 2. The fourth-order valence-electron chi connectivity index (χ4n) is 2.95. The van der Waals surface area contributed by atoms with Crippen LogP contribution < -0.4 is 10.6 Å². The number of hydrogen-bond donors (Lipinski definition) is 3. The predicted octanol–water partition coefficient (Wildman–Crippen LogP) is 1.53. The summed E-state index contributed by atoms with van der Waals surface area (Å²) in [5.74, 6) is 0.715. The first kappa shape index (κ1) is 19.7. The summed E-state index contributed by atoms with van der Waals surface area (Å²) in [4.78, 5) is 4.51. The molecule has 25 heavy (non-hydrogen) atoms. The Morgan fingerprint density at radius 1 is 1.44 bits per heavy atom. The van der Waals surface area contributed by atoms with Crippen molar-refractivity contribution in [3.8, 4) is 0 Å². The van der Waals surface area contributed by atoms with Crippen LogP contribution >= 0.6 is 0 Å². The minimum Gasteiger partial charge on any atom is -0.383 e. The zero-order valence-corrected chi connectivity index (χ0v) is 15.8. The largest absolute Gasteiger partial charge is 0.383 e. The van der Waals surface area contributed by atoms with E-state index in [1.165, 1.54) is 25.7 Å². The SMILES string of the molecule is CCNC(=NCC(C)(O)c1cnn(C)c1)NCCCOC1CCCC1. The molecule has 1 heterocycles. The van der Waals surface area contributed by atoms with E-state index in [1.54, 1.807) is 17.8 Å². The molecule has 0 amide bonds. The fraction of sp³-hybridized carbons (Fsp3) is 0.778. The summed E-state index contributed by atoms with van der Waals surface area (Å²) in [6, 6.07) is 0. The second-order valence-corrected chi connectivity index (χ2v) is 6.93. The number of nitrogens with zero attached hydrogens (tertiary/aromatic N) is 3. The van der Waals surface area contributed by atoms with Gasteiger partial charge in [-0.3, -0.25) is 4.68 Å². The topological polar surface area (TPSA) is 83.7 Å². The van der Waals surface area contributed by atoms with Crippen molar-refractivity contribution in [3.63, 3.8) is 0 Å². The molecule has 1 fully saturated rings. The van der Waals surface area contributed by atoms with E-state index in [1.807, 2.05) is 20.2 Å². The van der Waals surface area contributed by atoms with Gasteiger partial charge in [-0.25, -0.2) is 4.99 Å². The lowest BCUT2D eigenvalue weighted by Crippen LogP contribution is -2.39. The van der Waals surface area contributed by atoms with Crippen LogP contribution in [-0.2, 0) is 17.4 Å². The summed E-state index contributed by atoms with van der Waals surface area (Å²) in [6.07, 6.45) is 9.93. The predicted molar refractivity (Wildman–Crippen MR) is 99.6 cm³/mol. The first-order valence-electron chi connectivity index (χ1n) is 9.36. The van der Waals surface area contributed by atoms with Crippen LogP contribution in [0.5, 0.6) is 0 Å². The van der Waals surface area contributed by atoms with Gasteiger partial charge in [0.25, 0.3) is 0 Å². The Labute approximate surface area is 150 Å². The Hall–Kier alpha value is -1.60. The number of nitrogens with one attached hydrogen (secondary N) is 2. The van der Waals surface area contributed by atoms with E-state index in [0.29, 0.717) is 12.1 Å². The number of aliphatic hydroxyl groups is 1. The van der Waals surface area contributed by atoms with Crippen molar-refractivity contribution in [2.75, 3.05) is 26.2 Å². The molecule has 1 unspecified atom stereocenters. The molecule has 0 aliphatic heterocycles. The van der Waals surface area contributed by atoms with E-state index in [4.69, 9.17) is 4.74 Å². The zero-order valence-electron chi connectivity index (χ0n) is 15.8. The lowest BCUT2D eigenvalue weighted by Gasteiger charge is -2.20. The Bertz CT molecular complexity index is 535. The van der Waals surface area contributed by atoms with E-state index >= 15 is 0 Å². The summed E-state index contributed by atoms with van der Waals surface area (Å²) in [5.41, 5.74) is -0.276. The van der Waals surface area contributed by atoms with Gasteiger partial charge >= 0.3 is 0 Å². The first-order chi connectivity index (χ1) is 12.0. The highest BCUT2D eigenvalue weighted by Gasteiger charge is 2.24. The third kappa shape index (κ3) is 6.66. The van der Waals surface area contributed by atoms with Crippen molar-refractivity contribution in [1.82, 2.24) is 20.4 Å². The lowest BCUT2D eigenvalue weighted by atomic mass is 10.0. The summed E-state index contributed by atoms with van der Waals surface area (Å²) < 4.78 is 7.55. The Morgan fingerprint density at radius 3 is 2.84 bits per heavy atom. The van der Waals surface area contributed by atoms with Gasteiger partial charge in [-0.15, -0.1) is 0 Å². The molecular weight excluding hydrogens is 318 g/mol. The highest BCUT2D eigenvalue weighted by atomic mass is 16.5. The monoisotopic (exact) mass is 351 g/mol. The molecule has 142 valence electrons. The molecule has 3 N–H and O–H groups in total. The molecule has 7 heteroatoms. The van der Waals surface area contributed by atoms with Crippen LogP contribution in [0.4, 0.5) is 0 Å². The highest BCUT2D eigenvalue weighted by Crippen LogP contribution is 2.21. The lowest BCUT2D eigenvalue weighted by molar-refractivity contribution is 0.0573. The molecule has 0 bridgehead atoms. The Balaban J connectivity index is 1.75. The fourth-order valence-corrected chi connectivity index (χ4v) is 2.95. The van der Waals surface area contributed by atoms with Crippen LogP contribution in [0.1, 0.15) is 51.5 Å². The van der Waals surface area contributed by atoms with Crippen LogP contribution in [0.3, 0.4) is 0 Å². The van der Waals surface area contributed by atoms with Gasteiger partial charge in [0.05, 0.1) is 18.8 Å². The molecule has 1 aliphatic rings. The number of guanidine groups is 1. The van der Waals surface area contributed by atoms with E-state index in [-0.39, 0.29) is 6.54 Å². The highest BCUT2D eigenvalue weighted by molar-refractivity contribution is 5.79. The maximum Gasteiger partial charge on any atom is 0.191 e. The maximum atomic E-state index is 10.6. The zero-order chi connectivity index (χ0) is 18.1. The van der Waals surface area contributed by atoms with Crippen LogP contribution in [0.15, 0.2) is 17.4 Å². The smallest absolute Gasteiger partial charge is 0.191 e. The van der Waals surface area contributed by atoms with Crippen molar-refractivity contribution in [2.24, 2.45) is 12.0 Å². The Morgan fingerprint density at radius 2 is 2.20 bits per heavy atom. The molecular formula is C18H33N5O2. The second-order valence-electron chi connectivity index (χ2n) is 6.93. The van der Waals surface area contributed by atoms with Gasteiger partial charge < -0.3 is 20.5 Å². The van der Waals surface area contributed by atoms with Crippen LogP contribution in [0.2, 0.25) is 0 Å². The summed E-state index contributed by atoms with van der Waals surface area (Å²) >= 11 is 0. The van der Waals surface area contributed by atoms with Crippen molar-refractivity contribution < 1.29 is 9.84 Å². The number of aliphatic imine (C=N–C) groups is 1. The van der Waals surface area contributed by atoms with Gasteiger partial charge in [0.15, 0.2) is 5.96 Å². The number of hydrogen-bond acceptors (Lipinski definition) is 4. The Kier molecular flexibility index (Phi) is 7.71. The summed E-state index contributed by atoms with van der Waals surface area (Å²) in [7, 11) is 1.84. The van der Waals surface area contributed by atoms with E-state index in [0.717, 1.165) is 31.7 Å². The average molecular weight is 351 g/mol. The molecule has 7 nitrogen and oxygen atoms in total. The molecule has 1 aliphatic carbocycles. The van der Waals surface area contributed by atoms with Crippen LogP contribution in [0, 0.1) is 0 Å². The number of ether oxygens (including phenoxy) is 1. The van der Waals surface area contributed by atoms with Crippen LogP contribution in [-0.4, -0.2) is 53.2 Å². The van der Waals surface area contributed by atoms with Crippen molar-refractivity contribution in [2.45, 2.75) is 57.7 Å². The van der Waals surface area contributed by atoms with Gasteiger partial charge in [-0.2, -0.15) is 5.10 Å². The quantitative estimate of drug-likeness (QED) is 0.357. The third-order valence-electron chi connectivity index (χ3n) is 4.49. The summed E-state index contributed by atoms with van der Waals surface area (Å²) in [6.45, 7) is 6.41. The molecule has 2 rings (SSSR count). The molecule has 1 aromatic rings.